The molecule has 0 bridgehead atoms. The Morgan fingerprint density at radius 2 is 1.67 bits per heavy atom. The van der Waals surface area contributed by atoms with Crippen molar-refractivity contribution in [1.29, 1.82) is 0 Å². The summed E-state index contributed by atoms with van der Waals surface area (Å²) in [6.07, 6.45) is -1.71. The van der Waals surface area contributed by atoms with Crippen molar-refractivity contribution < 1.29 is 33.6 Å². The van der Waals surface area contributed by atoms with Crippen LogP contribution < -0.4 is 9.47 Å². The second-order valence-electron chi connectivity index (χ2n) is 8.65. The van der Waals surface area contributed by atoms with Crippen LogP contribution in [0.3, 0.4) is 0 Å². The summed E-state index contributed by atoms with van der Waals surface area (Å²) < 4.78 is 29.6. The van der Waals surface area contributed by atoms with Gasteiger partial charge >= 0.3 is 5.97 Å². The number of halogens is 1. The minimum atomic E-state index is -1.13. The zero-order chi connectivity index (χ0) is 26.1. The lowest BCUT2D eigenvalue weighted by atomic mass is 9.94. The van der Waals surface area contributed by atoms with E-state index in [4.69, 9.17) is 19.3 Å². The van der Waals surface area contributed by atoms with Crippen LogP contribution in [-0.2, 0) is 16.1 Å². The van der Waals surface area contributed by atoms with Crippen LogP contribution in [0.1, 0.15) is 41.7 Å². The van der Waals surface area contributed by atoms with Gasteiger partial charge < -0.3 is 24.4 Å². The number of aliphatic hydroxyl groups excluding tert-OH is 1. The van der Waals surface area contributed by atoms with Gasteiger partial charge in [-0.15, -0.1) is 0 Å². The Hall–Kier alpha value is -3.42. The number of ether oxygens (including phenoxy) is 3. The molecule has 36 heavy (non-hydrogen) atoms. The molecular formula is C29H33FO6. The molecule has 7 heteroatoms. The Kier molecular flexibility index (Phi) is 9.85. The maximum atomic E-state index is 12.5. The van der Waals surface area contributed by atoms with E-state index in [1.54, 1.807) is 0 Å². The highest BCUT2D eigenvalue weighted by Gasteiger charge is 2.16. The van der Waals surface area contributed by atoms with E-state index in [2.05, 4.69) is 6.07 Å². The third-order valence-electron chi connectivity index (χ3n) is 5.73. The maximum absolute atomic E-state index is 12.5. The van der Waals surface area contributed by atoms with Gasteiger partial charge in [-0.3, -0.25) is 4.79 Å². The van der Waals surface area contributed by atoms with Gasteiger partial charge in [0.15, 0.2) is 0 Å². The number of hydrogen-bond acceptors (Lipinski definition) is 5. The standard InChI is InChI=1S/C29H33FO6/c1-4-34-27(15-28(32)33)22-8-10-25(11-9-22)35-17-21-6-5-7-23(14-21)29-19(2)12-26(13-20(29)3)36-18-24(31)16-30/h5-14,24,27,31H,4,15-18H2,1-3H3,(H,32,33)/t24-,27+/m1/s1. The third kappa shape index (κ3) is 7.54. The molecule has 6 nitrogen and oxygen atoms in total. The number of carboxylic acid groups (broad SMARTS) is 1. The van der Waals surface area contributed by atoms with E-state index in [0.29, 0.717) is 24.7 Å². The molecule has 0 saturated carbocycles. The summed E-state index contributed by atoms with van der Waals surface area (Å²) >= 11 is 0. The highest BCUT2D eigenvalue weighted by Crippen LogP contribution is 2.32. The molecule has 0 spiro atoms. The zero-order valence-corrected chi connectivity index (χ0v) is 20.9. The number of alkyl halides is 1. The van der Waals surface area contributed by atoms with Crippen LogP contribution in [0.4, 0.5) is 4.39 Å². The van der Waals surface area contributed by atoms with Crippen LogP contribution in [0.5, 0.6) is 11.5 Å². The molecule has 2 atom stereocenters. The van der Waals surface area contributed by atoms with Crippen molar-refractivity contribution in [2.45, 2.75) is 46.0 Å². The molecule has 0 aliphatic heterocycles. The molecule has 3 rings (SSSR count). The first-order valence-corrected chi connectivity index (χ1v) is 11.9. The molecule has 2 N–H and O–H groups in total. The van der Waals surface area contributed by atoms with Crippen molar-refractivity contribution in [3.05, 3.63) is 82.9 Å². The Morgan fingerprint density at radius 3 is 2.28 bits per heavy atom. The minimum Gasteiger partial charge on any atom is -0.491 e. The summed E-state index contributed by atoms with van der Waals surface area (Å²) in [6, 6.07) is 19.2. The lowest BCUT2D eigenvalue weighted by molar-refractivity contribution is -0.140. The molecular weight excluding hydrogens is 463 g/mol. The smallest absolute Gasteiger partial charge is 0.306 e. The van der Waals surface area contributed by atoms with Crippen LogP contribution in [0.2, 0.25) is 0 Å². The highest BCUT2D eigenvalue weighted by atomic mass is 19.1. The van der Waals surface area contributed by atoms with Gasteiger partial charge in [0.05, 0.1) is 12.5 Å². The van der Waals surface area contributed by atoms with E-state index in [-0.39, 0.29) is 13.0 Å². The van der Waals surface area contributed by atoms with Gasteiger partial charge in [0.2, 0.25) is 0 Å². The summed E-state index contributed by atoms with van der Waals surface area (Å²) in [4.78, 5) is 11.1. The SMILES string of the molecule is CCO[C@@H](CC(=O)O)c1ccc(OCc2cccc(-c3c(C)cc(OC[C@H](O)CF)cc3C)c2)cc1. The first-order chi connectivity index (χ1) is 17.3. The number of carbonyl (C=O) groups is 1. The van der Waals surface area contributed by atoms with Gasteiger partial charge in [0.25, 0.3) is 0 Å². The predicted molar refractivity (Wildman–Crippen MR) is 136 cm³/mol. The highest BCUT2D eigenvalue weighted by molar-refractivity contribution is 5.72. The number of carboxylic acids is 1. The average molecular weight is 497 g/mol. The summed E-state index contributed by atoms with van der Waals surface area (Å²) in [7, 11) is 0. The van der Waals surface area contributed by atoms with E-state index in [0.717, 1.165) is 33.4 Å². The van der Waals surface area contributed by atoms with Crippen molar-refractivity contribution in [2.75, 3.05) is 19.9 Å². The van der Waals surface area contributed by atoms with Crippen molar-refractivity contribution in [3.8, 4) is 22.6 Å². The number of benzene rings is 3. The molecule has 0 aliphatic carbocycles. The second kappa shape index (κ2) is 13.0. The first-order valence-electron chi connectivity index (χ1n) is 11.9. The fourth-order valence-corrected chi connectivity index (χ4v) is 4.09. The molecule has 0 saturated heterocycles. The van der Waals surface area contributed by atoms with Crippen LogP contribution in [-0.4, -0.2) is 42.2 Å². The van der Waals surface area contributed by atoms with Crippen molar-refractivity contribution in [3.63, 3.8) is 0 Å². The molecule has 0 fully saturated rings. The molecule has 192 valence electrons. The van der Waals surface area contributed by atoms with Crippen molar-refractivity contribution in [1.82, 2.24) is 0 Å². The molecule has 0 aliphatic rings. The normalized spacial score (nSPS) is 12.7. The number of rotatable bonds is 13. The van der Waals surface area contributed by atoms with Crippen LogP contribution >= 0.6 is 0 Å². The zero-order valence-electron chi connectivity index (χ0n) is 20.9. The van der Waals surface area contributed by atoms with Gasteiger partial charge in [-0.05, 0) is 84.5 Å². The maximum Gasteiger partial charge on any atom is 0.306 e. The molecule has 0 amide bonds. The third-order valence-corrected chi connectivity index (χ3v) is 5.73. The molecule has 3 aromatic rings. The summed E-state index contributed by atoms with van der Waals surface area (Å²) in [5, 5.41) is 18.5. The second-order valence-corrected chi connectivity index (χ2v) is 8.65. The van der Waals surface area contributed by atoms with E-state index >= 15 is 0 Å². The van der Waals surface area contributed by atoms with E-state index in [1.165, 1.54) is 0 Å². The monoisotopic (exact) mass is 496 g/mol. The Morgan fingerprint density at radius 1 is 0.972 bits per heavy atom. The van der Waals surface area contributed by atoms with E-state index < -0.39 is 24.9 Å². The number of hydrogen-bond donors (Lipinski definition) is 2. The Bertz CT molecular complexity index is 1120. The predicted octanol–water partition coefficient (Wildman–Crippen LogP) is 5.81. The molecule has 3 aromatic carbocycles. The van der Waals surface area contributed by atoms with Crippen LogP contribution in [0.25, 0.3) is 11.1 Å². The van der Waals surface area contributed by atoms with Crippen molar-refractivity contribution in [2.24, 2.45) is 0 Å². The summed E-state index contributed by atoms with van der Waals surface area (Å²) in [6.45, 7) is 5.70. The Labute approximate surface area is 211 Å². The molecule has 0 heterocycles. The van der Waals surface area contributed by atoms with Gasteiger partial charge in [0, 0.05) is 6.61 Å². The van der Waals surface area contributed by atoms with E-state index in [9.17, 15) is 14.3 Å². The topological polar surface area (TPSA) is 85.2 Å². The lowest BCUT2D eigenvalue weighted by Gasteiger charge is -2.16. The van der Waals surface area contributed by atoms with Gasteiger partial charge in [-0.25, -0.2) is 4.39 Å². The van der Waals surface area contributed by atoms with E-state index in [1.807, 2.05) is 75.4 Å². The van der Waals surface area contributed by atoms with Crippen LogP contribution in [0, 0.1) is 13.8 Å². The fourth-order valence-electron chi connectivity index (χ4n) is 4.09. The van der Waals surface area contributed by atoms with Gasteiger partial charge in [-0.1, -0.05) is 30.3 Å². The summed E-state index contributed by atoms with van der Waals surface area (Å²) in [5.41, 5.74) is 5.95. The van der Waals surface area contributed by atoms with Crippen LogP contribution in [0.15, 0.2) is 60.7 Å². The molecule has 0 radical (unpaired) electrons. The Balaban J connectivity index is 1.69. The first kappa shape index (κ1) is 27.2. The number of aliphatic carboxylic acids is 1. The number of aliphatic hydroxyl groups is 1. The van der Waals surface area contributed by atoms with Gasteiger partial charge in [-0.2, -0.15) is 0 Å². The number of aryl methyl sites for hydroxylation is 2. The fraction of sp³-hybridized carbons (Fsp3) is 0.345. The largest absolute Gasteiger partial charge is 0.491 e. The summed E-state index contributed by atoms with van der Waals surface area (Å²) in [5.74, 6) is 0.370. The molecule has 0 unspecified atom stereocenters. The van der Waals surface area contributed by atoms with Crippen molar-refractivity contribution >= 4 is 5.97 Å². The lowest BCUT2D eigenvalue weighted by Crippen LogP contribution is -2.19. The quantitative estimate of drug-likeness (QED) is 0.311. The van der Waals surface area contributed by atoms with Gasteiger partial charge in [0.1, 0.15) is 37.5 Å². The molecule has 0 aromatic heterocycles. The minimum absolute atomic E-state index is 0.0889. The average Bonchev–Trinajstić information content (AvgIpc) is 2.86.